The van der Waals surface area contributed by atoms with E-state index in [9.17, 15) is 4.79 Å². The Bertz CT molecular complexity index is 700. The lowest BCUT2D eigenvalue weighted by molar-refractivity contribution is -0.130. The SMILES string of the molecule is CC(=O)N1CC[C@H](N[C@@H](C)c2nc(Cc3ccccc3)no2)[C@H](C)C1. The Labute approximate surface area is 148 Å². The third kappa shape index (κ3) is 4.45. The van der Waals surface area contributed by atoms with Crippen molar-refractivity contribution in [3.63, 3.8) is 0 Å². The summed E-state index contributed by atoms with van der Waals surface area (Å²) in [6.45, 7) is 7.45. The van der Waals surface area contributed by atoms with E-state index in [0.29, 0.717) is 30.1 Å². The van der Waals surface area contributed by atoms with Gasteiger partial charge in [-0.25, -0.2) is 0 Å². The lowest BCUT2D eigenvalue weighted by Gasteiger charge is -2.37. The van der Waals surface area contributed by atoms with Crippen molar-refractivity contribution in [2.24, 2.45) is 5.92 Å². The Morgan fingerprint density at radius 3 is 2.84 bits per heavy atom. The van der Waals surface area contributed by atoms with Crippen LogP contribution in [-0.4, -0.2) is 40.1 Å². The maximum atomic E-state index is 11.5. The van der Waals surface area contributed by atoms with Gasteiger partial charge in [0, 0.05) is 32.5 Å². The highest BCUT2D eigenvalue weighted by Gasteiger charge is 2.29. The van der Waals surface area contributed by atoms with Crippen LogP contribution in [0.1, 0.15) is 50.5 Å². The fraction of sp³-hybridized carbons (Fsp3) is 0.526. The lowest BCUT2D eigenvalue weighted by Crippen LogP contribution is -2.50. The number of nitrogens with one attached hydrogen (secondary N) is 1. The molecule has 3 rings (SSSR count). The number of amides is 1. The van der Waals surface area contributed by atoms with Crippen molar-refractivity contribution >= 4 is 5.91 Å². The van der Waals surface area contributed by atoms with Crippen LogP contribution in [0.25, 0.3) is 0 Å². The van der Waals surface area contributed by atoms with Crippen LogP contribution in [0.5, 0.6) is 0 Å². The molecule has 0 saturated carbocycles. The molecule has 3 atom stereocenters. The fourth-order valence-electron chi connectivity index (χ4n) is 3.37. The Balaban J connectivity index is 1.57. The zero-order valence-electron chi connectivity index (χ0n) is 15.1. The van der Waals surface area contributed by atoms with Crippen LogP contribution < -0.4 is 5.32 Å². The lowest BCUT2D eigenvalue weighted by atomic mass is 9.93. The number of aromatic nitrogens is 2. The number of likely N-dealkylation sites (tertiary alicyclic amines) is 1. The van der Waals surface area contributed by atoms with E-state index < -0.39 is 0 Å². The van der Waals surface area contributed by atoms with Gasteiger partial charge in [-0.2, -0.15) is 4.98 Å². The largest absolute Gasteiger partial charge is 0.343 e. The number of carbonyl (C=O) groups excluding carboxylic acids is 1. The molecule has 0 radical (unpaired) electrons. The normalized spacial score (nSPS) is 22.0. The summed E-state index contributed by atoms with van der Waals surface area (Å²) in [4.78, 5) is 18.0. The molecule has 2 aromatic rings. The van der Waals surface area contributed by atoms with Crippen molar-refractivity contribution in [3.8, 4) is 0 Å². The first-order valence-corrected chi connectivity index (χ1v) is 8.91. The summed E-state index contributed by atoms with van der Waals surface area (Å²) in [5.74, 6) is 1.87. The summed E-state index contributed by atoms with van der Waals surface area (Å²) in [6, 6.07) is 10.5. The highest BCUT2D eigenvalue weighted by Crippen LogP contribution is 2.21. The van der Waals surface area contributed by atoms with E-state index in [-0.39, 0.29) is 11.9 Å². The molecule has 6 heteroatoms. The van der Waals surface area contributed by atoms with E-state index in [2.05, 4.69) is 34.5 Å². The summed E-state index contributed by atoms with van der Waals surface area (Å²) in [6.07, 6.45) is 1.61. The average molecular weight is 342 g/mol. The fourth-order valence-corrected chi connectivity index (χ4v) is 3.37. The van der Waals surface area contributed by atoms with Crippen LogP contribution in [0.15, 0.2) is 34.9 Å². The van der Waals surface area contributed by atoms with E-state index in [4.69, 9.17) is 4.52 Å². The van der Waals surface area contributed by atoms with Crippen molar-refractivity contribution in [1.82, 2.24) is 20.4 Å². The maximum Gasteiger partial charge on any atom is 0.243 e. The number of benzene rings is 1. The Kier molecular flexibility index (Phi) is 5.48. The van der Waals surface area contributed by atoms with Gasteiger partial charge in [0.1, 0.15) is 0 Å². The second-order valence-corrected chi connectivity index (χ2v) is 6.94. The number of carbonyl (C=O) groups is 1. The summed E-state index contributed by atoms with van der Waals surface area (Å²) < 4.78 is 5.45. The summed E-state index contributed by atoms with van der Waals surface area (Å²) in [5, 5.41) is 7.69. The standard InChI is InChI=1S/C19H26N4O2/c1-13-12-23(15(3)24)10-9-17(13)20-14(2)19-21-18(22-25-19)11-16-7-5-4-6-8-16/h4-8,13-14,17,20H,9-12H2,1-3H3/t13-,14+,17+/m1/s1. The highest BCUT2D eigenvalue weighted by atomic mass is 16.5. The highest BCUT2D eigenvalue weighted by molar-refractivity contribution is 5.73. The van der Waals surface area contributed by atoms with E-state index in [1.807, 2.05) is 30.0 Å². The first-order chi connectivity index (χ1) is 12.0. The van der Waals surface area contributed by atoms with Gasteiger partial charge in [0.25, 0.3) is 0 Å². The predicted molar refractivity (Wildman–Crippen MR) is 94.9 cm³/mol. The molecule has 0 spiro atoms. The van der Waals surface area contributed by atoms with Gasteiger partial charge in [0.05, 0.1) is 6.04 Å². The summed E-state index contributed by atoms with van der Waals surface area (Å²) in [5.41, 5.74) is 1.17. The molecule has 1 saturated heterocycles. The van der Waals surface area contributed by atoms with Crippen molar-refractivity contribution in [2.45, 2.75) is 45.7 Å². The quantitative estimate of drug-likeness (QED) is 0.904. The molecule has 6 nitrogen and oxygen atoms in total. The van der Waals surface area contributed by atoms with Gasteiger partial charge in [0.2, 0.25) is 11.8 Å². The molecule has 1 aliphatic rings. The number of piperidine rings is 1. The van der Waals surface area contributed by atoms with Crippen molar-refractivity contribution < 1.29 is 9.32 Å². The minimum Gasteiger partial charge on any atom is -0.343 e. The number of hydrogen-bond donors (Lipinski definition) is 1. The van der Waals surface area contributed by atoms with E-state index >= 15 is 0 Å². The Morgan fingerprint density at radius 1 is 1.40 bits per heavy atom. The van der Waals surface area contributed by atoms with Gasteiger partial charge in [-0.05, 0) is 24.8 Å². The molecular formula is C19H26N4O2. The molecule has 134 valence electrons. The number of nitrogens with zero attached hydrogens (tertiary/aromatic N) is 3. The zero-order valence-corrected chi connectivity index (χ0v) is 15.1. The van der Waals surface area contributed by atoms with Gasteiger partial charge in [-0.1, -0.05) is 42.4 Å². The Hall–Kier alpha value is -2.21. The molecular weight excluding hydrogens is 316 g/mol. The number of rotatable bonds is 5. The summed E-state index contributed by atoms with van der Waals surface area (Å²) in [7, 11) is 0. The van der Waals surface area contributed by atoms with Crippen LogP contribution in [0.2, 0.25) is 0 Å². The van der Waals surface area contributed by atoms with Crippen LogP contribution >= 0.6 is 0 Å². The zero-order chi connectivity index (χ0) is 17.8. The molecule has 1 fully saturated rings. The first-order valence-electron chi connectivity index (χ1n) is 8.91. The summed E-state index contributed by atoms with van der Waals surface area (Å²) >= 11 is 0. The average Bonchev–Trinajstić information content (AvgIpc) is 3.06. The van der Waals surface area contributed by atoms with Crippen molar-refractivity contribution in [1.29, 1.82) is 0 Å². The van der Waals surface area contributed by atoms with Crippen molar-refractivity contribution in [2.75, 3.05) is 13.1 Å². The van der Waals surface area contributed by atoms with E-state index in [1.54, 1.807) is 6.92 Å². The van der Waals surface area contributed by atoms with Gasteiger partial charge in [0.15, 0.2) is 5.82 Å². The minimum atomic E-state index is -0.00616. The van der Waals surface area contributed by atoms with Crippen LogP contribution in [0.4, 0.5) is 0 Å². The molecule has 0 bridgehead atoms. The molecule has 1 aromatic carbocycles. The third-order valence-corrected chi connectivity index (χ3v) is 4.87. The number of hydrogen-bond acceptors (Lipinski definition) is 5. The molecule has 0 aliphatic carbocycles. The molecule has 1 N–H and O–H groups in total. The topological polar surface area (TPSA) is 71.3 Å². The van der Waals surface area contributed by atoms with E-state index in [0.717, 1.165) is 19.5 Å². The molecule has 0 unspecified atom stereocenters. The predicted octanol–water partition coefficient (Wildman–Crippen LogP) is 2.57. The second kappa shape index (κ2) is 7.78. The first kappa shape index (κ1) is 17.6. The minimum absolute atomic E-state index is 0.00616. The molecule has 1 amide bonds. The molecule has 25 heavy (non-hydrogen) atoms. The monoisotopic (exact) mass is 342 g/mol. The van der Waals surface area contributed by atoms with E-state index in [1.165, 1.54) is 5.56 Å². The van der Waals surface area contributed by atoms with Crippen LogP contribution in [-0.2, 0) is 11.2 Å². The van der Waals surface area contributed by atoms with Gasteiger partial charge in [-0.3, -0.25) is 4.79 Å². The molecule has 1 aromatic heterocycles. The van der Waals surface area contributed by atoms with Crippen molar-refractivity contribution in [3.05, 3.63) is 47.6 Å². The second-order valence-electron chi connectivity index (χ2n) is 6.94. The molecule has 2 heterocycles. The smallest absolute Gasteiger partial charge is 0.243 e. The van der Waals surface area contributed by atoms with Gasteiger partial charge < -0.3 is 14.7 Å². The third-order valence-electron chi connectivity index (χ3n) is 4.87. The van der Waals surface area contributed by atoms with Gasteiger partial charge in [-0.15, -0.1) is 0 Å². The van der Waals surface area contributed by atoms with Crippen LogP contribution in [0, 0.1) is 5.92 Å². The van der Waals surface area contributed by atoms with Gasteiger partial charge >= 0.3 is 0 Å². The van der Waals surface area contributed by atoms with Crippen LogP contribution in [0.3, 0.4) is 0 Å². The molecule has 1 aliphatic heterocycles. The Morgan fingerprint density at radius 2 is 2.16 bits per heavy atom. The maximum absolute atomic E-state index is 11.5.